The SMILES string of the molecule is CCCCC1(CCCC)CN(c2ccccc2)c2cc(SC)c(CNC(CC(=O)O)C(=O)O)cc2S(=O)(=O)C1. The Kier molecular flexibility index (Phi) is 10.9. The topological polar surface area (TPSA) is 124 Å². The van der Waals surface area contributed by atoms with E-state index in [-0.39, 0.29) is 17.2 Å². The molecule has 1 atom stereocenters. The number of carboxylic acids is 2. The molecule has 0 aromatic heterocycles. The molecular formula is C29H40N2O6S2. The van der Waals surface area contributed by atoms with Crippen molar-refractivity contribution in [1.29, 1.82) is 0 Å². The van der Waals surface area contributed by atoms with Gasteiger partial charge in [-0.1, -0.05) is 57.7 Å². The van der Waals surface area contributed by atoms with E-state index in [4.69, 9.17) is 5.11 Å². The fourth-order valence-corrected chi connectivity index (χ4v) is 8.12. The summed E-state index contributed by atoms with van der Waals surface area (Å²) in [6.45, 7) is 4.88. The average molecular weight is 577 g/mol. The number of nitrogens with one attached hydrogen (secondary N) is 1. The molecule has 2 aromatic rings. The summed E-state index contributed by atoms with van der Waals surface area (Å²) in [7, 11) is -3.70. The summed E-state index contributed by atoms with van der Waals surface area (Å²) < 4.78 is 28.3. The average Bonchev–Trinajstić information content (AvgIpc) is 3.00. The van der Waals surface area contributed by atoms with Crippen LogP contribution in [0, 0.1) is 5.41 Å². The molecule has 1 unspecified atom stereocenters. The molecule has 0 saturated carbocycles. The lowest BCUT2D eigenvalue weighted by Gasteiger charge is -2.37. The molecule has 0 fully saturated rings. The zero-order valence-electron chi connectivity index (χ0n) is 23.0. The van der Waals surface area contributed by atoms with Gasteiger partial charge in [0.15, 0.2) is 9.84 Å². The van der Waals surface area contributed by atoms with Crippen molar-refractivity contribution < 1.29 is 28.2 Å². The number of hydrogen-bond acceptors (Lipinski definition) is 7. The number of fused-ring (bicyclic) bond motifs is 1. The summed E-state index contributed by atoms with van der Waals surface area (Å²) in [6, 6.07) is 12.1. The largest absolute Gasteiger partial charge is 0.481 e. The first-order valence-electron chi connectivity index (χ1n) is 13.5. The number of carboxylic acid groups (broad SMARTS) is 2. The maximum Gasteiger partial charge on any atom is 0.321 e. The number of aliphatic carboxylic acids is 2. The van der Waals surface area contributed by atoms with E-state index in [0.29, 0.717) is 17.8 Å². The van der Waals surface area contributed by atoms with Crippen LogP contribution in [0.15, 0.2) is 52.3 Å². The summed E-state index contributed by atoms with van der Waals surface area (Å²) in [5.74, 6) is -2.44. The zero-order chi connectivity index (χ0) is 28.6. The summed E-state index contributed by atoms with van der Waals surface area (Å²) in [4.78, 5) is 25.9. The third-order valence-electron chi connectivity index (χ3n) is 7.38. The maximum absolute atomic E-state index is 14.1. The van der Waals surface area contributed by atoms with Crippen LogP contribution in [0.2, 0.25) is 0 Å². The smallest absolute Gasteiger partial charge is 0.321 e. The highest BCUT2D eigenvalue weighted by atomic mass is 32.2. The number of rotatable bonds is 14. The van der Waals surface area contributed by atoms with Crippen molar-refractivity contribution in [3.05, 3.63) is 48.0 Å². The molecule has 0 spiro atoms. The van der Waals surface area contributed by atoms with E-state index in [2.05, 4.69) is 24.1 Å². The van der Waals surface area contributed by atoms with Crippen LogP contribution in [-0.4, -0.2) is 55.2 Å². The van der Waals surface area contributed by atoms with Crippen LogP contribution >= 0.6 is 11.8 Å². The van der Waals surface area contributed by atoms with Crippen LogP contribution < -0.4 is 10.2 Å². The molecule has 0 aliphatic carbocycles. The molecule has 10 heteroatoms. The predicted octanol–water partition coefficient (Wildman–Crippen LogP) is 5.72. The van der Waals surface area contributed by atoms with E-state index >= 15 is 0 Å². The first-order chi connectivity index (χ1) is 18.6. The van der Waals surface area contributed by atoms with Gasteiger partial charge in [-0.25, -0.2) is 8.42 Å². The highest BCUT2D eigenvalue weighted by Crippen LogP contribution is 2.46. The number of carbonyl (C=O) groups is 2. The van der Waals surface area contributed by atoms with E-state index in [1.165, 1.54) is 11.8 Å². The molecule has 0 amide bonds. The van der Waals surface area contributed by atoms with Crippen LogP contribution in [-0.2, 0) is 26.0 Å². The van der Waals surface area contributed by atoms with Crippen LogP contribution in [0.25, 0.3) is 0 Å². The molecule has 0 radical (unpaired) electrons. The summed E-state index contributed by atoms with van der Waals surface area (Å²) in [6.07, 6.45) is 6.82. The second-order valence-corrected chi connectivity index (χ2v) is 13.2. The first kappa shape index (κ1) is 31.0. The highest BCUT2D eigenvalue weighted by molar-refractivity contribution is 7.98. The van der Waals surface area contributed by atoms with Crippen LogP contribution in [0.4, 0.5) is 11.4 Å². The Labute approximate surface area is 236 Å². The standard InChI is InChI=1S/C29H40N2O6S2/c1-4-6-13-29(14-7-5-2)19-31(22-11-9-8-10-12-22)24-17-25(38-3)21(15-26(24)39(36,37)20-29)18-30-23(28(34)35)16-27(32)33/h8-12,15,17,23,30H,4-7,13-14,16,18-20H2,1-3H3,(H,32,33)(H,34,35). The van der Waals surface area contributed by atoms with Gasteiger partial charge in [-0.3, -0.25) is 14.9 Å². The third kappa shape index (κ3) is 7.77. The summed E-state index contributed by atoms with van der Waals surface area (Å²) in [5, 5.41) is 21.4. The van der Waals surface area contributed by atoms with Gasteiger partial charge >= 0.3 is 11.9 Å². The normalized spacial score (nSPS) is 16.7. The van der Waals surface area contributed by atoms with Gasteiger partial charge in [0.05, 0.1) is 22.8 Å². The van der Waals surface area contributed by atoms with Gasteiger partial charge < -0.3 is 15.1 Å². The second-order valence-electron chi connectivity index (χ2n) is 10.4. The molecule has 0 saturated heterocycles. The van der Waals surface area contributed by atoms with Gasteiger partial charge in [-0.15, -0.1) is 11.8 Å². The van der Waals surface area contributed by atoms with Gasteiger partial charge in [0.2, 0.25) is 0 Å². The molecule has 8 nitrogen and oxygen atoms in total. The van der Waals surface area contributed by atoms with Gasteiger partial charge in [0.25, 0.3) is 0 Å². The third-order valence-corrected chi connectivity index (χ3v) is 10.2. The number of thioether (sulfide) groups is 1. The number of unbranched alkanes of at least 4 members (excludes halogenated alkanes) is 2. The number of anilines is 2. The summed E-state index contributed by atoms with van der Waals surface area (Å²) in [5.41, 5.74) is 1.78. The quantitative estimate of drug-likeness (QED) is 0.242. The van der Waals surface area contributed by atoms with E-state index in [0.717, 1.165) is 49.1 Å². The molecule has 0 bridgehead atoms. The van der Waals surface area contributed by atoms with Gasteiger partial charge in [0.1, 0.15) is 6.04 Å². The van der Waals surface area contributed by atoms with Gasteiger partial charge in [0, 0.05) is 29.1 Å². The zero-order valence-corrected chi connectivity index (χ0v) is 24.6. The van der Waals surface area contributed by atoms with Gasteiger partial charge in [-0.2, -0.15) is 0 Å². The number of hydrogen-bond donors (Lipinski definition) is 3. The second kappa shape index (κ2) is 13.7. The van der Waals surface area contributed by atoms with Crippen molar-refractivity contribution in [3.8, 4) is 0 Å². The van der Waals surface area contributed by atoms with Crippen LogP contribution in [0.5, 0.6) is 0 Å². The Hall–Kier alpha value is -2.56. The van der Waals surface area contributed by atoms with Crippen molar-refractivity contribution in [2.45, 2.75) is 81.2 Å². The number of sulfone groups is 1. The molecule has 3 N–H and O–H groups in total. The van der Waals surface area contributed by atoms with E-state index < -0.39 is 39.7 Å². The number of para-hydroxylation sites is 1. The van der Waals surface area contributed by atoms with Crippen LogP contribution in [0.1, 0.15) is 64.4 Å². The molecule has 1 aliphatic rings. The maximum atomic E-state index is 14.1. The molecule has 39 heavy (non-hydrogen) atoms. The Bertz CT molecular complexity index is 1240. The Morgan fingerprint density at radius 2 is 1.72 bits per heavy atom. The molecule has 2 aromatic carbocycles. The van der Waals surface area contributed by atoms with Crippen molar-refractivity contribution in [1.82, 2.24) is 5.32 Å². The predicted molar refractivity (Wildman–Crippen MR) is 156 cm³/mol. The van der Waals surface area contributed by atoms with Crippen LogP contribution in [0.3, 0.4) is 0 Å². The Balaban J connectivity index is 2.16. The fraction of sp³-hybridized carbons (Fsp3) is 0.517. The Morgan fingerprint density at radius 1 is 1.08 bits per heavy atom. The fourth-order valence-electron chi connectivity index (χ4n) is 5.35. The number of nitrogens with zero attached hydrogens (tertiary/aromatic N) is 1. The van der Waals surface area contributed by atoms with E-state index in [1.807, 2.05) is 42.7 Å². The van der Waals surface area contributed by atoms with E-state index in [1.54, 1.807) is 6.07 Å². The van der Waals surface area contributed by atoms with Gasteiger partial charge in [-0.05, 0) is 48.9 Å². The van der Waals surface area contributed by atoms with E-state index in [9.17, 15) is 23.1 Å². The molecule has 1 heterocycles. The monoisotopic (exact) mass is 576 g/mol. The first-order valence-corrected chi connectivity index (χ1v) is 16.4. The lowest BCUT2D eigenvalue weighted by molar-refractivity contribution is -0.146. The van der Waals surface area contributed by atoms with Crippen molar-refractivity contribution in [2.24, 2.45) is 5.41 Å². The number of benzene rings is 2. The molecular weight excluding hydrogens is 536 g/mol. The minimum Gasteiger partial charge on any atom is -0.481 e. The molecule has 1 aliphatic heterocycles. The van der Waals surface area contributed by atoms with Crippen molar-refractivity contribution >= 4 is 44.9 Å². The lowest BCUT2D eigenvalue weighted by Crippen LogP contribution is -2.38. The summed E-state index contributed by atoms with van der Waals surface area (Å²) >= 11 is 1.45. The lowest BCUT2D eigenvalue weighted by atomic mass is 9.79. The van der Waals surface area contributed by atoms with Crippen molar-refractivity contribution in [3.63, 3.8) is 0 Å². The minimum atomic E-state index is -3.70. The molecule has 214 valence electrons. The minimum absolute atomic E-state index is 0.0331. The Morgan fingerprint density at radius 3 is 2.26 bits per heavy atom. The molecule has 3 rings (SSSR count). The highest BCUT2D eigenvalue weighted by Gasteiger charge is 2.42. The van der Waals surface area contributed by atoms with Crippen molar-refractivity contribution in [2.75, 3.05) is 23.5 Å².